The molecule has 2 atom stereocenters. The van der Waals surface area contributed by atoms with Crippen LogP contribution in [-0.2, 0) is 9.59 Å². The summed E-state index contributed by atoms with van der Waals surface area (Å²) in [5, 5.41) is 9.15. The molecule has 9 heteroatoms. The van der Waals surface area contributed by atoms with Crippen molar-refractivity contribution in [2.24, 2.45) is 10.1 Å². The van der Waals surface area contributed by atoms with Crippen molar-refractivity contribution < 1.29 is 18.7 Å². The lowest BCUT2D eigenvalue weighted by molar-refractivity contribution is -0.121. The third-order valence-electron chi connectivity index (χ3n) is 6.23. The highest BCUT2D eigenvalue weighted by Gasteiger charge is 2.39. The van der Waals surface area contributed by atoms with E-state index in [1.807, 2.05) is 37.3 Å². The second-order valence-corrected chi connectivity index (χ2v) is 9.99. The van der Waals surface area contributed by atoms with Gasteiger partial charge in [-0.25, -0.2) is 9.40 Å². The summed E-state index contributed by atoms with van der Waals surface area (Å²) in [5.41, 5.74) is 4.29. The normalized spacial score (nSPS) is 19.0. The number of para-hydroxylation sites is 2. The number of hydrogen-bond donors (Lipinski definition) is 1. The number of thioether (sulfide) groups is 1. The Kier molecular flexibility index (Phi) is 7.05. The van der Waals surface area contributed by atoms with Crippen molar-refractivity contribution in [2.45, 2.75) is 31.1 Å². The number of anilines is 1. The molecule has 5 rings (SSSR count). The number of hydrogen-bond acceptors (Lipinski definition) is 6. The Morgan fingerprint density at radius 3 is 2.57 bits per heavy atom. The topological polar surface area (TPSA) is 83.4 Å². The summed E-state index contributed by atoms with van der Waals surface area (Å²) in [6.07, 6.45) is 0.535. The van der Waals surface area contributed by atoms with Gasteiger partial charge in [0.1, 0.15) is 16.8 Å². The number of nitrogens with zero attached hydrogens (tertiary/aromatic N) is 3. The summed E-state index contributed by atoms with van der Waals surface area (Å²) in [4.78, 5) is 29.8. The Bertz CT molecular complexity index is 1390. The van der Waals surface area contributed by atoms with Crippen molar-refractivity contribution in [1.29, 1.82) is 0 Å². The fraction of sp³-hybridized carbons (Fsp3) is 0.214. The summed E-state index contributed by atoms with van der Waals surface area (Å²) < 4.78 is 18.8. The van der Waals surface area contributed by atoms with Crippen LogP contribution in [0.4, 0.5) is 10.1 Å². The average molecular weight is 517 g/mol. The third kappa shape index (κ3) is 5.41. The number of carbonyl (C=O) groups is 2. The van der Waals surface area contributed by atoms with Gasteiger partial charge in [0.15, 0.2) is 5.17 Å². The summed E-state index contributed by atoms with van der Waals surface area (Å²) in [6, 6.07) is 21.3. The molecule has 7 nitrogen and oxygen atoms in total. The number of aryl methyl sites for hydroxylation is 1. The van der Waals surface area contributed by atoms with Gasteiger partial charge in [-0.1, -0.05) is 65.9 Å². The van der Waals surface area contributed by atoms with Crippen LogP contribution in [-0.4, -0.2) is 40.1 Å². The van der Waals surface area contributed by atoms with Gasteiger partial charge in [-0.05, 0) is 42.3 Å². The maximum atomic E-state index is 13.5. The minimum absolute atomic E-state index is 0.0356. The first kappa shape index (κ1) is 24.7. The highest BCUT2D eigenvalue weighted by molar-refractivity contribution is 8.15. The number of nitrogens with one attached hydrogen (secondary N) is 1. The number of hydrazone groups is 1. The average Bonchev–Trinajstić information content (AvgIpc) is 3.49. The van der Waals surface area contributed by atoms with Crippen LogP contribution in [0.15, 0.2) is 82.9 Å². The van der Waals surface area contributed by atoms with E-state index >= 15 is 0 Å². The molecule has 0 spiro atoms. The van der Waals surface area contributed by atoms with Crippen LogP contribution in [0.1, 0.15) is 35.6 Å². The van der Waals surface area contributed by atoms with Crippen LogP contribution < -0.4 is 10.1 Å². The lowest BCUT2D eigenvalue weighted by Crippen LogP contribution is -2.25. The van der Waals surface area contributed by atoms with Gasteiger partial charge >= 0.3 is 0 Å². The van der Waals surface area contributed by atoms with Gasteiger partial charge in [0.05, 0.1) is 24.6 Å². The fourth-order valence-electron chi connectivity index (χ4n) is 4.27. The largest absolute Gasteiger partial charge is 0.495 e. The van der Waals surface area contributed by atoms with Gasteiger partial charge in [0, 0.05) is 12.8 Å². The molecule has 0 unspecified atom stereocenters. The van der Waals surface area contributed by atoms with E-state index in [1.54, 1.807) is 35.3 Å². The minimum atomic E-state index is -0.659. The SMILES string of the molecule is COc1ccccc1NC(=O)C[C@@H]1SC(N2N=C(c3ccc(F)cc3)C[C@@H]2c2ccc(C)cc2)=NC1=O. The second kappa shape index (κ2) is 10.6. The number of amides is 2. The van der Waals surface area contributed by atoms with Gasteiger partial charge in [-0.15, -0.1) is 0 Å². The number of aliphatic imine (C=N–C) groups is 1. The van der Waals surface area contributed by atoms with Gasteiger partial charge in [-0.2, -0.15) is 10.1 Å². The Labute approximate surface area is 218 Å². The molecule has 0 aromatic heterocycles. The molecule has 3 aromatic carbocycles. The van der Waals surface area contributed by atoms with Crippen molar-refractivity contribution in [1.82, 2.24) is 5.01 Å². The molecule has 3 aromatic rings. The van der Waals surface area contributed by atoms with E-state index in [4.69, 9.17) is 9.84 Å². The monoisotopic (exact) mass is 516 g/mol. The number of amidine groups is 1. The molecular formula is C28H25FN4O3S. The first-order chi connectivity index (χ1) is 17.9. The van der Waals surface area contributed by atoms with Gasteiger partial charge in [0.25, 0.3) is 5.91 Å². The predicted octanol–water partition coefficient (Wildman–Crippen LogP) is 5.32. The first-order valence-corrected chi connectivity index (χ1v) is 12.7. The van der Waals surface area contributed by atoms with Crippen LogP contribution in [0.25, 0.3) is 0 Å². The van der Waals surface area contributed by atoms with Crippen molar-refractivity contribution in [3.05, 3.63) is 95.3 Å². The molecule has 2 aliphatic heterocycles. The van der Waals surface area contributed by atoms with E-state index < -0.39 is 5.25 Å². The number of ether oxygens (including phenoxy) is 1. The number of carbonyl (C=O) groups excluding carboxylic acids is 2. The molecule has 2 heterocycles. The quantitative estimate of drug-likeness (QED) is 0.480. The van der Waals surface area contributed by atoms with E-state index in [2.05, 4.69) is 10.3 Å². The van der Waals surface area contributed by atoms with Crippen molar-refractivity contribution in [2.75, 3.05) is 12.4 Å². The smallest absolute Gasteiger partial charge is 0.262 e. The van der Waals surface area contributed by atoms with Crippen molar-refractivity contribution >= 4 is 40.1 Å². The molecule has 2 aliphatic rings. The Balaban J connectivity index is 1.35. The maximum absolute atomic E-state index is 13.5. The van der Waals surface area contributed by atoms with Gasteiger partial charge < -0.3 is 10.1 Å². The molecular weight excluding hydrogens is 491 g/mol. The molecule has 0 saturated heterocycles. The predicted molar refractivity (Wildman–Crippen MR) is 143 cm³/mol. The summed E-state index contributed by atoms with van der Waals surface area (Å²) in [5.74, 6) is -0.453. The van der Waals surface area contributed by atoms with Gasteiger partial charge in [0.2, 0.25) is 5.91 Å². The van der Waals surface area contributed by atoms with Crippen LogP contribution in [0.2, 0.25) is 0 Å². The van der Waals surface area contributed by atoms with Crippen LogP contribution in [0.5, 0.6) is 5.75 Å². The fourth-order valence-corrected chi connectivity index (χ4v) is 5.34. The van der Waals surface area contributed by atoms with E-state index in [0.717, 1.165) is 22.4 Å². The van der Waals surface area contributed by atoms with Gasteiger partial charge in [-0.3, -0.25) is 9.59 Å². The summed E-state index contributed by atoms with van der Waals surface area (Å²) in [7, 11) is 1.53. The number of methoxy groups -OCH3 is 1. The molecule has 2 amide bonds. The minimum Gasteiger partial charge on any atom is -0.495 e. The Morgan fingerprint density at radius 2 is 1.84 bits per heavy atom. The van der Waals surface area contributed by atoms with Crippen LogP contribution in [0.3, 0.4) is 0 Å². The van der Waals surface area contributed by atoms with E-state index in [9.17, 15) is 14.0 Å². The standard InChI is InChI=1S/C28H25FN4O3S/c1-17-7-9-19(10-8-17)23-15-22(18-11-13-20(29)14-12-18)32-33(23)28-31-27(35)25(37-28)16-26(34)30-21-5-3-4-6-24(21)36-2/h3-14,23,25H,15-16H2,1-2H3,(H,30,34)/t23-,25+/m1/s1. The zero-order valence-corrected chi connectivity index (χ0v) is 21.2. The molecule has 0 bridgehead atoms. The highest BCUT2D eigenvalue weighted by Crippen LogP contribution is 2.39. The molecule has 0 saturated carbocycles. The number of rotatable bonds is 6. The van der Waals surface area contributed by atoms with Crippen LogP contribution in [0, 0.1) is 12.7 Å². The second-order valence-electron chi connectivity index (χ2n) is 8.82. The zero-order chi connectivity index (χ0) is 25.9. The maximum Gasteiger partial charge on any atom is 0.262 e. The molecule has 188 valence electrons. The zero-order valence-electron chi connectivity index (χ0n) is 20.3. The first-order valence-electron chi connectivity index (χ1n) is 11.8. The Hall–Kier alpha value is -3.98. The van der Waals surface area contributed by atoms with E-state index in [1.165, 1.54) is 31.0 Å². The summed E-state index contributed by atoms with van der Waals surface area (Å²) in [6.45, 7) is 2.02. The lowest BCUT2D eigenvalue weighted by atomic mass is 9.98. The number of halogens is 1. The Morgan fingerprint density at radius 1 is 1.11 bits per heavy atom. The molecule has 0 aliphatic carbocycles. The number of benzene rings is 3. The molecule has 1 N–H and O–H groups in total. The molecule has 0 radical (unpaired) electrons. The highest BCUT2D eigenvalue weighted by atomic mass is 32.2. The third-order valence-corrected chi connectivity index (χ3v) is 7.37. The molecule has 0 fully saturated rings. The lowest BCUT2D eigenvalue weighted by Gasteiger charge is -2.23. The van der Waals surface area contributed by atoms with E-state index in [-0.39, 0.29) is 30.1 Å². The van der Waals surface area contributed by atoms with Crippen molar-refractivity contribution in [3.8, 4) is 5.75 Å². The van der Waals surface area contributed by atoms with E-state index in [0.29, 0.717) is 23.0 Å². The summed E-state index contributed by atoms with van der Waals surface area (Å²) >= 11 is 1.23. The molecule has 37 heavy (non-hydrogen) atoms. The van der Waals surface area contributed by atoms with Crippen LogP contribution >= 0.6 is 11.8 Å². The van der Waals surface area contributed by atoms with Crippen molar-refractivity contribution in [3.63, 3.8) is 0 Å².